The lowest BCUT2D eigenvalue weighted by Gasteiger charge is -2.17. The maximum Gasteiger partial charge on any atom is 0.119 e. The van der Waals surface area contributed by atoms with Gasteiger partial charge >= 0.3 is 0 Å². The Morgan fingerprint density at radius 3 is 1.90 bits per heavy atom. The zero-order chi connectivity index (χ0) is 22.0. The Balaban J connectivity index is 3.07. The van der Waals surface area contributed by atoms with E-state index in [9.17, 15) is 10.2 Å². The van der Waals surface area contributed by atoms with E-state index in [-0.39, 0.29) is 17.4 Å². The molecule has 0 fully saturated rings. The molecule has 2 nitrogen and oxygen atoms in total. The van der Waals surface area contributed by atoms with Crippen LogP contribution in [0.25, 0.3) is 0 Å². The number of aromatic hydroxyl groups is 2. The lowest BCUT2D eigenvalue weighted by molar-refractivity contribution is 0.448. The molecule has 0 radical (unpaired) electrons. The predicted molar refractivity (Wildman–Crippen MR) is 127 cm³/mol. The largest absolute Gasteiger partial charge is 0.508 e. The highest BCUT2D eigenvalue weighted by molar-refractivity contribution is 5.47. The summed E-state index contributed by atoms with van der Waals surface area (Å²) >= 11 is 0. The van der Waals surface area contributed by atoms with Gasteiger partial charge in [0.2, 0.25) is 0 Å². The molecule has 0 aliphatic carbocycles. The number of phenolic OH excluding ortho intramolecular Hbond substituents is 2. The van der Waals surface area contributed by atoms with E-state index >= 15 is 0 Å². The third kappa shape index (κ3) is 9.69. The van der Waals surface area contributed by atoms with Gasteiger partial charge in [0.15, 0.2) is 0 Å². The van der Waals surface area contributed by atoms with Crippen LogP contribution in [-0.4, -0.2) is 10.2 Å². The summed E-state index contributed by atoms with van der Waals surface area (Å²) in [6.45, 7) is 14.6. The van der Waals surface area contributed by atoms with Gasteiger partial charge in [0.1, 0.15) is 11.5 Å². The molecule has 2 heteroatoms. The minimum absolute atomic E-state index is 0.0478. The topological polar surface area (TPSA) is 40.5 Å². The summed E-state index contributed by atoms with van der Waals surface area (Å²) in [5.74, 6) is 0.545. The van der Waals surface area contributed by atoms with E-state index in [2.05, 4.69) is 65.8 Å². The summed E-state index contributed by atoms with van der Waals surface area (Å²) < 4.78 is 0. The number of allylic oxidation sites excluding steroid dienone is 8. The summed E-state index contributed by atoms with van der Waals surface area (Å²) in [4.78, 5) is 0. The van der Waals surface area contributed by atoms with Crippen LogP contribution in [-0.2, 0) is 0 Å². The van der Waals surface area contributed by atoms with Gasteiger partial charge in [0, 0.05) is 11.5 Å². The van der Waals surface area contributed by atoms with Crippen LogP contribution in [0.15, 0.2) is 58.7 Å². The third-order valence-electron chi connectivity index (χ3n) is 5.13. The molecule has 1 atom stereocenters. The molecule has 2 N–H and O–H groups in total. The van der Waals surface area contributed by atoms with Crippen molar-refractivity contribution in [3.05, 3.63) is 69.9 Å². The van der Waals surface area contributed by atoms with Gasteiger partial charge in [0.25, 0.3) is 0 Å². The van der Waals surface area contributed by atoms with E-state index in [1.807, 2.05) is 6.92 Å². The summed E-state index contributed by atoms with van der Waals surface area (Å²) in [7, 11) is 0. The molecule has 0 aliphatic heterocycles. The minimum atomic E-state index is 0.0478. The summed E-state index contributed by atoms with van der Waals surface area (Å²) in [6.07, 6.45) is 14.0. The average molecular weight is 397 g/mol. The van der Waals surface area contributed by atoms with Crippen molar-refractivity contribution < 1.29 is 10.2 Å². The van der Waals surface area contributed by atoms with Gasteiger partial charge in [-0.25, -0.2) is 0 Å². The first-order chi connectivity index (χ1) is 13.6. The first kappa shape index (κ1) is 24.8. The van der Waals surface area contributed by atoms with Crippen molar-refractivity contribution in [3.8, 4) is 11.5 Å². The molecule has 0 spiro atoms. The fraction of sp³-hybridized carbons (Fsp3) is 0.481. The van der Waals surface area contributed by atoms with Gasteiger partial charge in [-0.05, 0) is 98.3 Å². The standard InChI is InChI=1S/C27H40O2/c1-19(2)10-8-12-21(5)14-15-24(16-22(6)13-9-11-20(3)4)25-18-26(28)23(7)17-27(25)29/h10-11,14,16-18,24,28-29H,8-9,12-13,15H2,1-7H3. The van der Waals surface area contributed by atoms with Crippen LogP contribution < -0.4 is 0 Å². The van der Waals surface area contributed by atoms with E-state index in [1.165, 1.54) is 22.3 Å². The summed E-state index contributed by atoms with van der Waals surface area (Å²) in [5, 5.41) is 20.7. The van der Waals surface area contributed by atoms with E-state index in [0.29, 0.717) is 5.56 Å². The quantitative estimate of drug-likeness (QED) is 0.308. The zero-order valence-electron chi connectivity index (χ0n) is 19.5. The maximum atomic E-state index is 10.5. The van der Waals surface area contributed by atoms with Crippen LogP contribution in [0.4, 0.5) is 0 Å². The molecule has 0 heterocycles. The smallest absolute Gasteiger partial charge is 0.119 e. The molecule has 160 valence electrons. The summed E-state index contributed by atoms with van der Waals surface area (Å²) in [5.41, 5.74) is 6.85. The molecular weight excluding hydrogens is 356 g/mol. The van der Waals surface area contributed by atoms with Crippen LogP contribution in [0.1, 0.15) is 90.7 Å². The van der Waals surface area contributed by atoms with Gasteiger partial charge in [0.05, 0.1) is 0 Å². The van der Waals surface area contributed by atoms with Crippen molar-refractivity contribution in [2.45, 2.75) is 86.5 Å². The SMILES string of the molecule is CC(C)=CCCC(C)=CCC(C=C(C)CCC=C(C)C)c1cc(O)c(C)cc1O. The highest BCUT2D eigenvalue weighted by Crippen LogP contribution is 2.36. The monoisotopic (exact) mass is 396 g/mol. The molecule has 0 aromatic heterocycles. The number of aryl methyl sites for hydroxylation is 1. The lowest BCUT2D eigenvalue weighted by Crippen LogP contribution is -1.98. The van der Waals surface area contributed by atoms with Crippen LogP contribution in [0.5, 0.6) is 11.5 Å². The molecule has 1 aromatic rings. The second-order valence-corrected chi connectivity index (χ2v) is 8.74. The highest BCUT2D eigenvalue weighted by Gasteiger charge is 2.15. The molecule has 1 aromatic carbocycles. The Morgan fingerprint density at radius 1 is 0.793 bits per heavy atom. The van der Waals surface area contributed by atoms with E-state index in [1.54, 1.807) is 12.1 Å². The minimum Gasteiger partial charge on any atom is -0.508 e. The third-order valence-corrected chi connectivity index (χ3v) is 5.13. The maximum absolute atomic E-state index is 10.5. The average Bonchev–Trinajstić information content (AvgIpc) is 2.61. The molecule has 29 heavy (non-hydrogen) atoms. The van der Waals surface area contributed by atoms with Gasteiger partial charge in [-0.3, -0.25) is 0 Å². The normalized spacial score (nSPS) is 13.2. The zero-order valence-corrected chi connectivity index (χ0v) is 19.5. The molecular formula is C27H40O2. The van der Waals surface area contributed by atoms with Crippen LogP contribution >= 0.6 is 0 Å². The molecule has 1 rings (SSSR count). The van der Waals surface area contributed by atoms with Crippen molar-refractivity contribution in [1.29, 1.82) is 0 Å². The Bertz CT molecular complexity index is 783. The fourth-order valence-corrected chi connectivity index (χ4v) is 3.31. The molecule has 1 unspecified atom stereocenters. The number of phenols is 2. The Morgan fingerprint density at radius 2 is 1.34 bits per heavy atom. The second kappa shape index (κ2) is 12.4. The predicted octanol–water partition coefficient (Wildman–Crippen LogP) is 8.27. The van der Waals surface area contributed by atoms with Crippen LogP contribution in [0.2, 0.25) is 0 Å². The van der Waals surface area contributed by atoms with Gasteiger partial charge in [-0.1, -0.05) is 46.6 Å². The van der Waals surface area contributed by atoms with Gasteiger partial charge < -0.3 is 10.2 Å². The molecule has 0 aliphatic rings. The summed E-state index contributed by atoms with van der Waals surface area (Å²) in [6, 6.07) is 3.39. The van der Waals surface area contributed by atoms with Crippen molar-refractivity contribution in [1.82, 2.24) is 0 Å². The Labute approximate surface area is 178 Å². The Kier molecular flexibility index (Phi) is 10.6. The molecule has 0 saturated heterocycles. The van der Waals surface area contributed by atoms with Crippen molar-refractivity contribution in [3.63, 3.8) is 0 Å². The fourth-order valence-electron chi connectivity index (χ4n) is 3.31. The molecule has 0 amide bonds. The number of rotatable bonds is 10. The first-order valence-electron chi connectivity index (χ1n) is 10.7. The number of hydrogen-bond donors (Lipinski definition) is 2. The Hall–Kier alpha value is -2.22. The van der Waals surface area contributed by atoms with E-state index in [0.717, 1.165) is 37.7 Å². The van der Waals surface area contributed by atoms with Crippen LogP contribution in [0.3, 0.4) is 0 Å². The number of benzene rings is 1. The second-order valence-electron chi connectivity index (χ2n) is 8.74. The van der Waals surface area contributed by atoms with Gasteiger partial charge in [-0.2, -0.15) is 0 Å². The van der Waals surface area contributed by atoms with E-state index in [4.69, 9.17) is 0 Å². The lowest BCUT2D eigenvalue weighted by atomic mass is 9.90. The molecule has 0 bridgehead atoms. The highest BCUT2D eigenvalue weighted by atomic mass is 16.3. The van der Waals surface area contributed by atoms with Crippen molar-refractivity contribution >= 4 is 0 Å². The van der Waals surface area contributed by atoms with Crippen molar-refractivity contribution in [2.24, 2.45) is 0 Å². The number of hydrogen-bond acceptors (Lipinski definition) is 2. The van der Waals surface area contributed by atoms with Crippen LogP contribution in [0, 0.1) is 6.92 Å². The van der Waals surface area contributed by atoms with Crippen molar-refractivity contribution in [2.75, 3.05) is 0 Å². The van der Waals surface area contributed by atoms with Gasteiger partial charge in [-0.15, -0.1) is 0 Å². The van der Waals surface area contributed by atoms with E-state index < -0.39 is 0 Å². The molecule has 0 saturated carbocycles. The first-order valence-corrected chi connectivity index (χ1v) is 10.7.